The largest absolute Gasteiger partial charge is 0.219 e. The molecule has 0 amide bonds. The quantitative estimate of drug-likeness (QED) is 0.178. The molecule has 0 fully saturated rings. The summed E-state index contributed by atoms with van der Waals surface area (Å²) in [6.07, 6.45) is 24.2. The van der Waals surface area contributed by atoms with E-state index in [4.69, 9.17) is 0 Å². The zero-order chi connectivity index (χ0) is 21.2. The van der Waals surface area contributed by atoms with Gasteiger partial charge in [-0.05, 0) is 56.2 Å². The van der Waals surface area contributed by atoms with Gasteiger partial charge in [-0.1, -0.05) is 95.6 Å². The van der Waals surface area contributed by atoms with E-state index in [2.05, 4.69) is 25.7 Å². The van der Waals surface area contributed by atoms with Crippen molar-refractivity contribution < 1.29 is 8.42 Å². The monoisotopic (exact) mass is 418 g/mol. The Kier molecular flexibility index (Phi) is 14.6. The van der Waals surface area contributed by atoms with Crippen LogP contribution < -0.4 is 0 Å². The van der Waals surface area contributed by atoms with Gasteiger partial charge in [0.2, 0.25) is 0 Å². The maximum atomic E-state index is 11.7. The summed E-state index contributed by atoms with van der Waals surface area (Å²) in [5.74, 6) is 0. The Morgan fingerprint density at radius 1 is 0.724 bits per heavy atom. The topological polar surface area (TPSA) is 34.1 Å². The van der Waals surface area contributed by atoms with Gasteiger partial charge in [-0.2, -0.15) is 0 Å². The highest BCUT2D eigenvalue weighted by Gasteiger charge is 2.08. The molecule has 0 unspecified atom stereocenters. The van der Waals surface area contributed by atoms with Crippen molar-refractivity contribution in [1.29, 1.82) is 0 Å². The minimum atomic E-state index is -3.31. The molecule has 1 aromatic carbocycles. The molecule has 0 spiro atoms. The number of hydrogen-bond acceptors (Lipinski definition) is 2. The summed E-state index contributed by atoms with van der Waals surface area (Å²) in [7, 11) is -3.31. The first kappa shape index (κ1) is 25.7. The Labute approximate surface area is 180 Å². The summed E-state index contributed by atoms with van der Waals surface area (Å²) in [5.41, 5.74) is 1.21. The molecule has 0 saturated heterocycles. The van der Waals surface area contributed by atoms with Crippen LogP contribution in [0.4, 0.5) is 0 Å². The summed E-state index contributed by atoms with van der Waals surface area (Å²) in [5, 5.41) is 1.01. The SMILES string of the molecule is C=CS(=O)(=O)c1ccc(CCCCCCCCC=CCCCCCCCC)cc1. The van der Waals surface area contributed by atoms with Crippen molar-refractivity contribution in [3.05, 3.63) is 54.0 Å². The zero-order valence-corrected chi connectivity index (χ0v) is 19.4. The molecular weight excluding hydrogens is 376 g/mol. The highest BCUT2D eigenvalue weighted by Crippen LogP contribution is 2.15. The lowest BCUT2D eigenvalue weighted by Gasteiger charge is -2.04. The number of benzene rings is 1. The van der Waals surface area contributed by atoms with Gasteiger partial charge in [-0.3, -0.25) is 0 Å². The van der Waals surface area contributed by atoms with Crippen LogP contribution in [-0.4, -0.2) is 8.42 Å². The van der Waals surface area contributed by atoms with Crippen LogP contribution in [0.3, 0.4) is 0 Å². The Hall–Kier alpha value is -1.35. The van der Waals surface area contributed by atoms with Crippen molar-refractivity contribution in [1.82, 2.24) is 0 Å². The Morgan fingerprint density at radius 2 is 1.21 bits per heavy atom. The fraction of sp³-hybridized carbons (Fsp3) is 0.615. The van der Waals surface area contributed by atoms with Crippen molar-refractivity contribution in [2.24, 2.45) is 0 Å². The second-order valence-corrected chi connectivity index (χ2v) is 9.94. The molecule has 1 aromatic rings. The van der Waals surface area contributed by atoms with Crippen molar-refractivity contribution >= 4 is 9.84 Å². The van der Waals surface area contributed by atoms with E-state index in [0.29, 0.717) is 4.90 Å². The van der Waals surface area contributed by atoms with Gasteiger partial charge in [0.05, 0.1) is 4.90 Å². The Morgan fingerprint density at radius 3 is 1.72 bits per heavy atom. The lowest BCUT2D eigenvalue weighted by atomic mass is 10.0. The first-order valence-electron chi connectivity index (χ1n) is 11.7. The zero-order valence-electron chi connectivity index (χ0n) is 18.6. The fourth-order valence-corrected chi connectivity index (χ4v) is 4.23. The smallest absolute Gasteiger partial charge is 0.199 e. The van der Waals surface area contributed by atoms with E-state index in [1.54, 1.807) is 12.1 Å². The van der Waals surface area contributed by atoms with Gasteiger partial charge < -0.3 is 0 Å². The molecule has 0 radical (unpaired) electrons. The predicted molar refractivity (Wildman–Crippen MR) is 127 cm³/mol. The summed E-state index contributed by atoms with van der Waals surface area (Å²) >= 11 is 0. The molecule has 1 rings (SSSR count). The highest BCUT2D eigenvalue weighted by atomic mass is 32.2. The van der Waals surface area contributed by atoms with Gasteiger partial charge in [-0.15, -0.1) is 0 Å². The molecule has 0 N–H and O–H groups in total. The van der Waals surface area contributed by atoms with Crippen LogP contribution in [-0.2, 0) is 16.3 Å². The lowest BCUT2D eigenvalue weighted by Crippen LogP contribution is -1.96. The third kappa shape index (κ3) is 12.7. The van der Waals surface area contributed by atoms with Gasteiger partial charge in [0.1, 0.15) is 0 Å². The summed E-state index contributed by atoms with van der Waals surface area (Å²) in [6.45, 7) is 5.63. The molecule has 0 aliphatic rings. The molecule has 0 saturated carbocycles. The van der Waals surface area contributed by atoms with E-state index in [1.165, 1.54) is 95.5 Å². The minimum absolute atomic E-state index is 0.331. The molecule has 29 heavy (non-hydrogen) atoms. The van der Waals surface area contributed by atoms with Crippen LogP contribution in [0.2, 0.25) is 0 Å². The Bertz CT molecular complexity index is 656. The number of aryl methyl sites for hydroxylation is 1. The Balaban J connectivity index is 1.95. The number of allylic oxidation sites excluding steroid dienone is 2. The first-order chi connectivity index (χ1) is 14.1. The second kappa shape index (κ2) is 16.4. The molecule has 0 aliphatic heterocycles. The number of sulfone groups is 1. The first-order valence-corrected chi connectivity index (χ1v) is 13.3. The van der Waals surface area contributed by atoms with Crippen LogP contribution in [0.15, 0.2) is 53.3 Å². The van der Waals surface area contributed by atoms with Gasteiger partial charge in [0.15, 0.2) is 9.84 Å². The maximum absolute atomic E-state index is 11.7. The van der Waals surface area contributed by atoms with Gasteiger partial charge >= 0.3 is 0 Å². The molecule has 0 aromatic heterocycles. The molecular formula is C26H42O2S. The summed E-state index contributed by atoms with van der Waals surface area (Å²) in [6, 6.07) is 7.22. The third-order valence-electron chi connectivity index (χ3n) is 5.45. The van der Waals surface area contributed by atoms with Crippen molar-refractivity contribution in [3.63, 3.8) is 0 Å². The van der Waals surface area contributed by atoms with Crippen LogP contribution in [0.5, 0.6) is 0 Å². The van der Waals surface area contributed by atoms with Crippen LogP contribution in [0, 0.1) is 0 Å². The fourth-order valence-electron chi connectivity index (χ4n) is 3.52. The normalized spacial score (nSPS) is 11.9. The van der Waals surface area contributed by atoms with E-state index < -0.39 is 9.84 Å². The van der Waals surface area contributed by atoms with E-state index >= 15 is 0 Å². The molecule has 0 bridgehead atoms. The van der Waals surface area contributed by atoms with E-state index in [0.717, 1.165) is 11.8 Å². The predicted octanol–water partition coefficient (Wildman–Crippen LogP) is 8.18. The van der Waals surface area contributed by atoms with Crippen LogP contribution in [0.25, 0.3) is 0 Å². The van der Waals surface area contributed by atoms with E-state index in [1.807, 2.05) is 12.1 Å². The molecule has 0 atom stereocenters. The van der Waals surface area contributed by atoms with Gasteiger partial charge in [0, 0.05) is 5.41 Å². The van der Waals surface area contributed by atoms with Gasteiger partial charge in [-0.25, -0.2) is 8.42 Å². The summed E-state index contributed by atoms with van der Waals surface area (Å²) in [4.78, 5) is 0.331. The minimum Gasteiger partial charge on any atom is -0.219 e. The average Bonchev–Trinajstić information content (AvgIpc) is 2.73. The van der Waals surface area contributed by atoms with Crippen LogP contribution >= 0.6 is 0 Å². The number of unbranched alkanes of at least 4 members (excludes halogenated alkanes) is 12. The molecule has 0 heterocycles. The summed E-state index contributed by atoms with van der Waals surface area (Å²) < 4.78 is 23.4. The van der Waals surface area contributed by atoms with Gasteiger partial charge in [0.25, 0.3) is 0 Å². The molecule has 164 valence electrons. The average molecular weight is 419 g/mol. The van der Waals surface area contributed by atoms with Crippen molar-refractivity contribution in [2.75, 3.05) is 0 Å². The molecule has 3 heteroatoms. The van der Waals surface area contributed by atoms with E-state index in [9.17, 15) is 8.42 Å². The van der Waals surface area contributed by atoms with E-state index in [-0.39, 0.29) is 0 Å². The number of rotatable bonds is 18. The number of hydrogen-bond donors (Lipinski definition) is 0. The molecule has 2 nitrogen and oxygen atoms in total. The second-order valence-electron chi connectivity index (χ2n) is 8.04. The van der Waals surface area contributed by atoms with Crippen molar-refractivity contribution in [2.45, 2.75) is 108 Å². The van der Waals surface area contributed by atoms with Crippen molar-refractivity contribution in [3.8, 4) is 0 Å². The highest BCUT2D eigenvalue weighted by molar-refractivity contribution is 7.94. The van der Waals surface area contributed by atoms with Crippen LogP contribution in [0.1, 0.15) is 102 Å². The molecule has 0 aliphatic carbocycles. The maximum Gasteiger partial charge on any atom is 0.199 e. The standard InChI is InChI=1S/C26H42O2S/c1-3-5-6-7-8-9-10-11-12-13-14-15-16-17-18-19-20-25-21-23-26(24-22-25)29(27,28)4-2/h4,11-12,21-24H,2-3,5-10,13-20H2,1H3. The third-order valence-corrected chi connectivity index (χ3v) is 6.82. The lowest BCUT2D eigenvalue weighted by molar-refractivity contribution is 0.595.